The lowest BCUT2D eigenvalue weighted by atomic mass is 10.0. The smallest absolute Gasteiger partial charge is 0.228 e. The number of hydrogen-bond donors (Lipinski definition) is 2. The van der Waals surface area contributed by atoms with Crippen molar-refractivity contribution in [1.29, 1.82) is 0 Å². The molecule has 1 heterocycles. The largest absolute Gasteiger partial charge is 0.396 e. The fourth-order valence-corrected chi connectivity index (χ4v) is 3.23. The van der Waals surface area contributed by atoms with Gasteiger partial charge in [0, 0.05) is 11.5 Å². The second-order valence-electron chi connectivity index (χ2n) is 4.85. The maximum Gasteiger partial charge on any atom is 0.228 e. The maximum absolute atomic E-state index is 12.4. The molecular formula is C16H18ClNO2S. The van der Waals surface area contributed by atoms with Crippen molar-refractivity contribution in [2.75, 3.05) is 6.61 Å². The van der Waals surface area contributed by atoms with Crippen LogP contribution in [-0.2, 0) is 4.79 Å². The van der Waals surface area contributed by atoms with Crippen LogP contribution in [0.5, 0.6) is 0 Å². The Morgan fingerprint density at radius 1 is 1.29 bits per heavy atom. The van der Waals surface area contributed by atoms with E-state index in [9.17, 15) is 9.90 Å². The first kappa shape index (κ1) is 16.0. The Morgan fingerprint density at radius 3 is 2.57 bits per heavy atom. The van der Waals surface area contributed by atoms with Crippen molar-refractivity contribution >= 4 is 28.8 Å². The van der Waals surface area contributed by atoms with Crippen molar-refractivity contribution in [1.82, 2.24) is 5.32 Å². The van der Waals surface area contributed by atoms with Gasteiger partial charge in [0.1, 0.15) is 0 Å². The van der Waals surface area contributed by atoms with Crippen molar-refractivity contribution in [3.05, 3.63) is 57.2 Å². The average molecular weight is 324 g/mol. The predicted molar refractivity (Wildman–Crippen MR) is 86.8 cm³/mol. The number of nitrogens with one attached hydrogen (secondary N) is 1. The van der Waals surface area contributed by atoms with Gasteiger partial charge in [0.15, 0.2) is 0 Å². The standard InChI is InChI=1S/C16H18ClNO2S/c1-11(14-7-8-15(17)21-14)16(20)18-13(9-10-19)12-5-3-2-4-6-12/h2-8,11,13,19H,9-10H2,1H3,(H,18,20). The number of benzene rings is 1. The van der Waals surface area contributed by atoms with Crippen LogP contribution in [0.3, 0.4) is 0 Å². The Morgan fingerprint density at radius 2 is 2.00 bits per heavy atom. The zero-order valence-corrected chi connectivity index (χ0v) is 13.3. The highest BCUT2D eigenvalue weighted by atomic mass is 35.5. The van der Waals surface area contributed by atoms with Gasteiger partial charge in [-0.05, 0) is 31.0 Å². The third kappa shape index (κ3) is 4.30. The van der Waals surface area contributed by atoms with Gasteiger partial charge in [0.25, 0.3) is 0 Å². The Balaban J connectivity index is 2.08. The molecule has 1 aromatic heterocycles. The van der Waals surface area contributed by atoms with Crippen LogP contribution in [0.4, 0.5) is 0 Å². The van der Waals surface area contributed by atoms with Crippen LogP contribution < -0.4 is 5.32 Å². The van der Waals surface area contributed by atoms with E-state index in [-0.39, 0.29) is 24.5 Å². The fraction of sp³-hybridized carbons (Fsp3) is 0.312. The van der Waals surface area contributed by atoms with E-state index in [1.807, 2.05) is 43.3 Å². The zero-order valence-electron chi connectivity index (χ0n) is 11.8. The second kappa shape index (κ2) is 7.59. The number of carbonyl (C=O) groups is 1. The third-order valence-electron chi connectivity index (χ3n) is 3.35. The monoisotopic (exact) mass is 323 g/mol. The quantitative estimate of drug-likeness (QED) is 0.850. The molecule has 21 heavy (non-hydrogen) atoms. The van der Waals surface area contributed by atoms with Gasteiger partial charge in [0.2, 0.25) is 5.91 Å². The minimum absolute atomic E-state index is 0.0268. The summed E-state index contributed by atoms with van der Waals surface area (Å²) in [6.07, 6.45) is 0.494. The van der Waals surface area contributed by atoms with E-state index in [1.54, 1.807) is 6.07 Å². The SMILES string of the molecule is CC(C(=O)NC(CCO)c1ccccc1)c1ccc(Cl)s1. The molecule has 0 aliphatic rings. The van der Waals surface area contributed by atoms with Crippen LogP contribution in [0.15, 0.2) is 42.5 Å². The summed E-state index contributed by atoms with van der Waals surface area (Å²) in [7, 11) is 0. The lowest BCUT2D eigenvalue weighted by Crippen LogP contribution is -2.32. The normalized spacial score (nSPS) is 13.7. The lowest BCUT2D eigenvalue weighted by molar-refractivity contribution is -0.123. The number of hydrogen-bond acceptors (Lipinski definition) is 3. The highest BCUT2D eigenvalue weighted by Crippen LogP contribution is 2.29. The lowest BCUT2D eigenvalue weighted by Gasteiger charge is -2.20. The van der Waals surface area contributed by atoms with Crippen molar-refractivity contribution in [3.63, 3.8) is 0 Å². The summed E-state index contributed by atoms with van der Waals surface area (Å²) in [5, 5.41) is 12.2. The summed E-state index contributed by atoms with van der Waals surface area (Å²) in [4.78, 5) is 13.3. The molecule has 0 saturated carbocycles. The predicted octanol–water partition coefficient (Wildman–Crippen LogP) is 3.74. The third-order valence-corrected chi connectivity index (χ3v) is 4.76. The molecular weight excluding hydrogens is 306 g/mol. The van der Waals surface area contributed by atoms with Gasteiger partial charge in [-0.3, -0.25) is 4.79 Å². The van der Waals surface area contributed by atoms with Crippen LogP contribution >= 0.6 is 22.9 Å². The first-order valence-corrected chi connectivity index (χ1v) is 8.02. The molecule has 0 bridgehead atoms. The summed E-state index contributed by atoms with van der Waals surface area (Å²) in [6.45, 7) is 1.89. The molecule has 2 unspecified atom stereocenters. The van der Waals surface area contributed by atoms with Gasteiger partial charge in [-0.1, -0.05) is 41.9 Å². The van der Waals surface area contributed by atoms with Crippen molar-refractivity contribution in [3.8, 4) is 0 Å². The number of aliphatic hydroxyl groups excluding tert-OH is 1. The van der Waals surface area contributed by atoms with Crippen LogP contribution in [0, 0.1) is 0 Å². The number of thiophene rings is 1. The molecule has 112 valence electrons. The molecule has 3 nitrogen and oxygen atoms in total. The molecule has 0 radical (unpaired) electrons. The Bertz CT molecular complexity index is 585. The summed E-state index contributed by atoms with van der Waals surface area (Å²) in [5.74, 6) is -0.316. The Labute approximate surface area is 133 Å². The van der Waals surface area contributed by atoms with Crippen molar-refractivity contribution in [2.45, 2.75) is 25.3 Å². The Hall–Kier alpha value is -1.36. The van der Waals surface area contributed by atoms with Crippen molar-refractivity contribution < 1.29 is 9.90 Å². The number of aliphatic hydroxyl groups is 1. The molecule has 0 aliphatic heterocycles. The van der Waals surface area contributed by atoms with E-state index < -0.39 is 0 Å². The molecule has 2 N–H and O–H groups in total. The fourth-order valence-electron chi connectivity index (χ4n) is 2.12. The highest BCUT2D eigenvalue weighted by molar-refractivity contribution is 7.16. The van der Waals surface area contributed by atoms with Gasteiger partial charge in [0.05, 0.1) is 16.3 Å². The number of rotatable bonds is 6. The minimum atomic E-state index is -0.257. The molecule has 2 atom stereocenters. The second-order valence-corrected chi connectivity index (χ2v) is 6.59. The summed E-state index contributed by atoms with van der Waals surface area (Å²) < 4.78 is 0.680. The van der Waals surface area contributed by atoms with Gasteiger partial charge < -0.3 is 10.4 Å². The molecule has 0 saturated heterocycles. The Kier molecular flexibility index (Phi) is 5.79. The number of carbonyl (C=O) groups excluding carboxylic acids is 1. The van der Waals surface area contributed by atoms with E-state index in [0.29, 0.717) is 10.8 Å². The van der Waals surface area contributed by atoms with E-state index in [0.717, 1.165) is 10.4 Å². The minimum Gasteiger partial charge on any atom is -0.396 e. The molecule has 2 rings (SSSR count). The van der Waals surface area contributed by atoms with E-state index >= 15 is 0 Å². The summed E-state index contributed by atoms with van der Waals surface area (Å²) in [6, 6.07) is 13.2. The zero-order chi connectivity index (χ0) is 15.2. The molecule has 2 aromatic rings. The van der Waals surface area contributed by atoms with Gasteiger partial charge in [-0.25, -0.2) is 0 Å². The van der Waals surface area contributed by atoms with Crippen LogP contribution in [0.1, 0.15) is 35.7 Å². The topological polar surface area (TPSA) is 49.3 Å². The maximum atomic E-state index is 12.4. The van der Waals surface area contributed by atoms with E-state index in [2.05, 4.69) is 5.32 Å². The number of amides is 1. The average Bonchev–Trinajstić information content (AvgIpc) is 2.93. The van der Waals surface area contributed by atoms with Gasteiger partial charge in [-0.15, -0.1) is 11.3 Å². The van der Waals surface area contributed by atoms with Crippen LogP contribution in [0.25, 0.3) is 0 Å². The molecule has 1 amide bonds. The summed E-state index contributed by atoms with van der Waals surface area (Å²) in [5.41, 5.74) is 0.997. The number of halogens is 1. The molecule has 5 heteroatoms. The molecule has 1 aromatic carbocycles. The van der Waals surface area contributed by atoms with E-state index in [1.165, 1.54) is 11.3 Å². The van der Waals surface area contributed by atoms with E-state index in [4.69, 9.17) is 11.6 Å². The first-order valence-electron chi connectivity index (χ1n) is 6.83. The molecule has 0 aliphatic carbocycles. The van der Waals surface area contributed by atoms with Crippen LogP contribution in [-0.4, -0.2) is 17.6 Å². The van der Waals surface area contributed by atoms with Gasteiger partial charge >= 0.3 is 0 Å². The molecule has 0 spiro atoms. The highest BCUT2D eigenvalue weighted by Gasteiger charge is 2.21. The molecule has 0 fully saturated rings. The summed E-state index contributed by atoms with van der Waals surface area (Å²) >= 11 is 7.33. The van der Waals surface area contributed by atoms with Crippen molar-refractivity contribution in [2.24, 2.45) is 0 Å². The van der Waals surface area contributed by atoms with Crippen LogP contribution in [0.2, 0.25) is 4.34 Å². The van der Waals surface area contributed by atoms with Gasteiger partial charge in [-0.2, -0.15) is 0 Å². The first-order chi connectivity index (χ1) is 10.1.